The first kappa shape index (κ1) is 58.0. The van der Waals surface area contributed by atoms with E-state index in [2.05, 4.69) is 12.2 Å². The second-order valence-electron chi connectivity index (χ2n) is 20.1. The third kappa shape index (κ3) is 19.6. The molecule has 0 heterocycles. The van der Waals surface area contributed by atoms with Crippen LogP contribution in [0, 0.1) is 12.2 Å². The van der Waals surface area contributed by atoms with Gasteiger partial charge in [0.2, 0.25) is 0 Å². The third-order valence-electron chi connectivity index (χ3n) is 15.8. The van der Waals surface area contributed by atoms with Gasteiger partial charge in [-0.05, 0) is 111 Å². The molecule has 8 rings (SSSR count). The minimum Gasteiger partial charge on any atom is -0.847 e. The van der Waals surface area contributed by atoms with E-state index in [-0.39, 0.29) is 33.0 Å². The van der Waals surface area contributed by atoms with Crippen LogP contribution in [0.3, 0.4) is 0 Å². The maximum absolute atomic E-state index is 11.6. The van der Waals surface area contributed by atoms with E-state index in [1.807, 2.05) is 74.5 Å². The summed E-state index contributed by atoms with van der Waals surface area (Å²) in [5, 5.41) is 23.1. The van der Waals surface area contributed by atoms with Crippen LogP contribution in [0.2, 0.25) is 0 Å². The van der Waals surface area contributed by atoms with E-state index in [9.17, 15) is 10.2 Å². The first-order valence-corrected chi connectivity index (χ1v) is 29.5. The van der Waals surface area contributed by atoms with Crippen molar-refractivity contribution in [2.45, 2.75) is 266 Å². The van der Waals surface area contributed by atoms with Gasteiger partial charge in [0.05, 0.1) is 0 Å². The molecule has 6 aliphatic rings. The Labute approximate surface area is 418 Å². The van der Waals surface area contributed by atoms with E-state index in [4.69, 9.17) is 0 Å². The van der Waals surface area contributed by atoms with Crippen molar-refractivity contribution in [3.8, 4) is 0 Å². The summed E-state index contributed by atoms with van der Waals surface area (Å²) >= 11 is 0. The first-order chi connectivity index (χ1) is 30.4. The zero-order valence-electron chi connectivity index (χ0n) is 40.9. The Bertz CT molecular complexity index is 1280. The van der Waals surface area contributed by atoms with Gasteiger partial charge in [0, 0.05) is 0 Å². The Morgan fingerprint density at radius 3 is 0.734 bits per heavy atom. The summed E-state index contributed by atoms with van der Waals surface area (Å²) < 4.78 is 0. The van der Waals surface area contributed by atoms with Crippen molar-refractivity contribution in [3.63, 3.8) is 0 Å². The molecule has 2 atom stereocenters. The van der Waals surface area contributed by atoms with E-state index in [1.165, 1.54) is 72.5 Å². The summed E-state index contributed by atoms with van der Waals surface area (Å²) in [5.74, 6) is 0. The predicted molar refractivity (Wildman–Crippen MR) is 270 cm³/mol. The van der Waals surface area contributed by atoms with Crippen molar-refractivity contribution in [2.75, 3.05) is 0 Å². The van der Waals surface area contributed by atoms with E-state index < -0.39 is 12.2 Å². The minimum absolute atomic E-state index is 0. The fourth-order valence-corrected chi connectivity index (χ4v) is 21.4. The van der Waals surface area contributed by atoms with Gasteiger partial charge >= 0.3 is 33.0 Å². The molecule has 0 unspecified atom stereocenters. The standard InChI is InChI=1S/2C18H33P.2C11H12O.2Ni/c2*1-4-10-16(11-5-1)19(17-12-6-2-7-13-17)18-14-8-3-9-15-18;2*1-3-9(2)11(12)10-7-5-4-6-8-10;;/h2*16-18H,1-15H2;2*4-8,11H,1-2H3;;/q;;2*-2;2*+2/t;;2*11-;;/m..11../s1. The number of rotatable bonds is 10. The molecule has 2 nitrogen and oxygen atoms in total. The van der Waals surface area contributed by atoms with Gasteiger partial charge in [-0.15, -0.1) is 12.2 Å². The van der Waals surface area contributed by atoms with Crippen molar-refractivity contribution >= 4 is 15.8 Å². The fraction of sp³-hybridized carbons (Fsp3) is 0.724. The van der Waals surface area contributed by atoms with Crippen LogP contribution in [0.25, 0.3) is 0 Å². The van der Waals surface area contributed by atoms with E-state index in [1.54, 1.807) is 168 Å². The minimum atomic E-state index is -0.754. The van der Waals surface area contributed by atoms with Crippen LogP contribution in [-0.4, -0.2) is 34.0 Å². The van der Waals surface area contributed by atoms with Gasteiger partial charge in [-0.1, -0.05) is 217 Å². The normalized spacial score (nSPS) is 22.6. The van der Waals surface area contributed by atoms with Crippen LogP contribution in [0.15, 0.2) is 71.8 Å². The van der Waals surface area contributed by atoms with Gasteiger partial charge in [0.1, 0.15) is 0 Å². The summed E-state index contributed by atoms with van der Waals surface area (Å²) in [6.07, 6.45) is 51.5. The maximum atomic E-state index is 11.6. The molecular weight excluding hydrogens is 908 g/mol. The predicted octanol–water partition coefficient (Wildman–Crippen LogP) is 16.6. The molecule has 0 aromatic heterocycles. The topological polar surface area (TPSA) is 46.1 Å². The summed E-state index contributed by atoms with van der Waals surface area (Å²) in [6, 6.07) is 18.7. The molecule has 2 aromatic rings. The Morgan fingerprint density at radius 2 is 0.562 bits per heavy atom. The van der Waals surface area contributed by atoms with Crippen LogP contribution in [-0.2, 0) is 33.0 Å². The number of benzene rings is 2. The van der Waals surface area contributed by atoms with Crippen LogP contribution in [0.4, 0.5) is 0 Å². The molecule has 0 bridgehead atoms. The van der Waals surface area contributed by atoms with E-state index >= 15 is 0 Å². The van der Waals surface area contributed by atoms with Gasteiger partial charge in [-0.25, -0.2) is 0 Å². The second-order valence-corrected chi connectivity index (χ2v) is 26.3. The van der Waals surface area contributed by atoms with Crippen molar-refractivity contribution < 1.29 is 43.2 Å². The van der Waals surface area contributed by atoms with Crippen LogP contribution < -0.4 is 10.2 Å². The molecule has 0 saturated heterocycles. The zero-order chi connectivity index (χ0) is 43.8. The van der Waals surface area contributed by atoms with Crippen LogP contribution in [0.5, 0.6) is 0 Å². The first-order valence-electron chi connectivity index (χ1n) is 26.4. The average Bonchev–Trinajstić information content (AvgIpc) is 3.36. The van der Waals surface area contributed by atoms with Gasteiger partial charge in [0.25, 0.3) is 0 Å². The summed E-state index contributed by atoms with van der Waals surface area (Å²) in [4.78, 5) is 0. The molecule has 6 aliphatic carbocycles. The molecule has 0 spiro atoms. The molecule has 0 aliphatic heterocycles. The Hall–Kier alpha value is -0.313. The van der Waals surface area contributed by atoms with Crippen LogP contribution >= 0.6 is 15.8 Å². The largest absolute Gasteiger partial charge is 2.00 e. The number of hydrogen-bond acceptors (Lipinski definition) is 2. The molecule has 0 radical (unpaired) electrons. The summed E-state index contributed by atoms with van der Waals surface area (Å²) in [5.41, 5.74) is 10.3. The quantitative estimate of drug-likeness (QED) is 0.135. The van der Waals surface area contributed by atoms with Crippen molar-refractivity contribution in [1.82, 2.24) is 0 Å². The van der Waals surface area contributed by atoms with Crippen LogP contribution in [0.1, 0.15) is 244 Å². The zero-order valence-corrected chi connectivity index (χ0v) is 44.7. The van der Waals surface area contributed by atoms with E-state index in [0.29, 0.717) is 15.8 Å². The number of allylic oxidation sites excluding steroid dienone is 2. The molecule has 0 amide bonds. The third-order valence-corrected chi connectivity index (χ3v) is 23.9. The smallest absolute Gasteiger partial charge is 0.847 e. The monoisotopic (exact) mass is 997 g/mol. The van der Waals surface area contributed by atoms with Gasteiger partial charge in [0.15, 0.2) is 0 Å². The molecule has 64 heavy (non-hydrogen) atoms. The fourth-order valence-electron chi connectivity index (χ4n) is 12.1. The van der Waals surface area contributed by atoms with Crippen molar-refractivity contribution in [3.05, 3.63) is 95.1 Å². The Balaban J connectivity index is 0.000000230. The van der Waals surface area contributed by atoms with Gasteiger partial charge in [-0.3, -0.25) is 11.1 Å². The number of hydrogen-bond donors (Lipinski definition) is 0. The molecule has 364 valence electrons. The molecule has 0 N–H and O–H groups in total. The SMILES string of the molecule is C1CCC(P(C2CCCCC2)C2CCCCC2)CC1.C1CCC(P(C2CCCCC2)C2CCCCC2)CC1.C[C-]=C(C)[C@@H]([O-])c1ccccc1.C[C-]=C(C)[C@@H]([O-])c1ccccc1.[Ni+2].[Ni+2]. The van der Waals surface area contributed by atoms with Crippen molar-refractivity contribution in [2.24, 2.45) is 0 Å². The van der Waals surface area contributed by atoms with E-state index in [0.717, 1.165) is 22.3 Å². The molecule has 6 fully saturated rings. The molecular formula is C58H90Ni2O2P2. The van der Waals surface area contributed by atoms with Gasteiger partial charge < -0.3 is 22.4 Å². The molecule has 6 heteroatoms. The Kier molecular flexibility index (Phi) is 30.9. The Morgan fingerprint density at radius 1 is 0.375 bits per heavy atom. The summed E-state index contributed by atoms with van der Waals surface area (Å²) in [7, 11) is 0.770. The summed E-state index contributed by atoms with van der Waals surface area (Å²) in [6.45, 7) is 7.15. The maximum Gasteiger partial charge on any atom is 2.00 e. The molecule has 2 aromatic carbocycles. The molecule has 6 saturated carbocycles. The van der Waals surface area contributed by atoms with Crippen molar-refractivity contribution in [1.29, 1.82) is 0 Å². The average molecular weight is 999 g/mol. The van der Waals surface area contributed by atoms with Gasteiger partial charge in [-0.2, -0.15) is 13.8 Å². The second kappa shape index (κ2) is 34.1.